The fourth-order valence-electron chi connectivity index (χ4n) is 0. The van der Waals surface area contributed by atoms with Crippen molar-refractivity contribution in [3.8, 4) is 0 Å². The van der Waals surface area contributed by atoms with Gasteiger partial charge in [0.1, 0.15) is 0 Å². The van der Waals surface area contributed by atoms with E-state index in [4.69, 9.17) is 15.3 Å². The standard InChI is InChI=1S/C4H11Si.3C2H6O.Zr/c1-5(2,3)4;3*1-2-3;/h1H2,2-4H3;3*3H,2H2,1H3;/q-1;;;;. The normalized spacial score (nSPS) is 7.60. The second-order valence-corrected chi connectivity index (χ2v) is 8.63. The third kappa shape index (κ3) is 2630. The van der Waals surface area contributed by atoms with Gasteiger partial charge >= 0.3 is 0 Å². The van der Waals surface area contributed by atoms with E-state index in [0.717, 1.165) is 0 Å². The van der Waals surface area contributed by atoms with Crippen molar-refractivity contribution in [3.63, 3.8) is 0 Å². The summed E-state index contributed by atoms with van der Waals surface area (Å²) in [4.78, 5) is 0. The fourth-order valence-corrected chi connectivity index (χ4v) is 0. The van der Waals surface area contributed by atoms with Gasteiger partial charge in [-0.3, -0.25) is 0 Å². The second-order valence-electron chi connectivity index (χ2n) is 3.51. The molecule has 96 valence electrons. The molecule has 0 amide bonds. The topological polar surface area (TPSA) is 60.7 Å². The zero-order chi connectivity index (χ0) is 12.6. The van der Waals surface area contributed by atoms with Gasteiger partial charge in [0, 0.05) is 46.0 Å². The quantitative estimate of drug-likeness (QED) is 0.471. The molecule has 5 heteroatoms. The fraction of sp³-hybridized carbons (Fsp3) is 0.900. The van der Waals surface area contributed by atoms with Gasteiger partial charge in [0.2, 0.25) is 0 Å². The van der Waals surface area contributed by atoms with Gasteiger partial charge in [0.05, 0.1) is 0 Å². The zero-order valence-electron chi connectivity index (χ0n) is 11.2. The predicted octanol–water partition coefficient (Wildman–Crippen LogP) is 1.69. The molecule has 0 aromatic heterocycles. The summed E-state index contributed by atoms with van der Waals surface area (Å²) in [5.74, 6) is 0. The summed E-state index contributed by atoms with van der Waals surface area (Å²) < 4.78 is 0. The minimum atomic E-state index is -0.861. The van der Waals surface area contributed by atoms with E-state index in [1.807, 2.05) is 0 Å². The molecule has 3 nitrogen and oxygen atoms in total. The van der Waals surface area contributed by atoms with Crippen molar-refractivity contribution in [2.45, 2.75) is 40.4 Å². The number of hydrogen-bond acceptors (Lipinski definition) is 3. The van der Waals surface area contributed by atoms with Crippen molar-refractivity contribution < 1.29 is 41.5 Å². The SMILES string of the molecule is CCO.CCO.CCO.[CH2-][Si](C)(C)C.[Zr]. The third-order valence-electron chi connectivity index (χ3n) is 0. The van der Waals surface area contributed by atoms with Gasteiger partial charge < -0.3 is 21.9 Å². The molecule has 0 bridgehead atoms. The van der Waals surface area contributed by atoms with Gasteiger partial charge in [0.25, 0.3) is 0 Å². The molecule has 15 heavy (non-hydrogen) atoms. The van der Waals surface area contributed by atoms with Gasteiger partial charge in [-0.2, -0.15) is 0 Å². The molecule has 0 aliphatic heterocycles. The Kier molecular flexibility index (Phi) is 58.3. The van der Waals surface area contributed by atoms with E-state index in [1.54, 1.807) is 20.8 Å². The molecule has 0 unspecified atom stereocenters. The summed E-state index contributed by atoms with van der Waals surface area (Å²) in [6, 6.07) is 0. The first-order chi connectivity index (χ1) is 6.24. The molecule has 0 aliphatic carbocycles. The van der Waals surface area contributed by atoms with Gasteiger partial charge in [0.15, 0.2) is 0 Å². The number of rotatable bonds is 0. The van der Waals surface area contributed by atoms with Crippen LogP contribution in [0.5, 0.6) is 0 Å². The largest absolute Gasteiger partial charge is 0.397 e. The van der Waals surface area contributed by atoms with Crippen molar-refractivity contribution in [2.75, 3.05) is 19.8 Å². The van der Waals surface area contributed by atoms with Crippen LogP contribution in [0.3, 0.4) is 0 Å². The Labute approximate surface area is 116 Å². The molecule has 0 aliphatic rings. The van der Waals surface area contributed by atoms with Gasteiger partial charge in [-0.25, -0.2) is 0 Å². The van der Waals surface area contributed by atoms with Crippen LogP contribution in [0, 0.1) is 6.55 Å². The van der Waals surface area contributed by atoms with Crippen LogP contribution in [-0.4, -0.2) is 43.2 Å². The Bertz CT molecular complexity index is 57.4. The van der Waals surface area contributed by atoms with Crippen molar-refractivity contribution in [2.24, 2.45) is 0 Å². The van der Waals surface area contributed by atoms with Crippen LogP contribution in [-0.2, 0) is 26.2 Å². The van der Waals surface area contributed by atoms with E-state index >= 15 is 0 Å². The molecule has 0 aromatic carbocycles. The van der Waals surface area contributed by atoms with Crippen LogP contribution in [0.2, 0.25) is 19.6 Å². The van der Waals surface area contributed by atoms with Crippen LogP contribution in [0.1, 0.15) is 20.8 Å². The summed E-state index contributed by atoms with van der Waals surface area (Å²) >= 11 is 0. The molecule has 3 N–H and O–H groups in total. The predicted molar refractivity (Wildman–Crippen MR) is 67.0 cm³/mol. The average Bonchev–Trinajstić information content (AvgIpc) is 1.86. The molecule has 0 fully saturated rings. The van der Waals surface area contributed by atoms with Gasteiger partial charge in [-0.1, -0.05) is 19.6 Å². The Hall–Kier alpha value is 0.980. The monoisotopic (exact) mass is 315 g/mol. The summed E-state index contributed by atoms with van der Waals surface area (Å²) in [7, 11) is -0.861. The maximum atomic E-state index is 7.57. The summed E-state index contributed by atoms with van der Waals surface area (Å²) in [5.41, 5.74) is 0. The van der Waals surface area contributed by atoms with E-state index < -0.39 is 8.07 Å². The molecule has 0 rings (SSSR count). The first kappa shape index (κ1) is 29.7. The number of aliphatic hydroxyl groups excluding tert-OH is 3. The van der Waals surface area contributed by atoms with Crippen molar-refractivity contribution in [3.05, 3.63) is 6.55 Å². The Balaban J connectivity index is -0.0000000300. The molecule has 0 spiro atoms. The Morgan fingerprint density at radius 3 is 0.800 bits per heavy atom. The molecule has 0 aromatic rings. The average molecular weight is 317 g/mol. The minimum absolute atomic E-state index is 0. The third-order valence-corrected chi connectivity index (χ3v) is 0. The summed E-state index contributed by atoms with van der Waals surface area (Å²) in [6.45, 7) is 16.3. The molecule has 0 atom stereocenters. The van der Waals surface area contributed by atoms with E-state index in [0.29, 0.717) is 0 Å². The van der Waals surface area contributed by atoms with Crippen molar-refractivity contribution in [1.29, 1.82) is 0 Å². The first-order valence-electron chi connectivity index (χ1n) is 4.92. The van der Waals surface area contributed by atoms with Gasteiger partial charge in [-0.05, 0) is 20.8 Å². The van der Waals surface area contributed by atoms with Crippen molar-refractivity contribution >= 4 is 8.07 Å². The maximum Gasteiger partial charge on any atom is 0.0402 e. The molecular formula is C10H29O3SiZr-. The zero-order valence-corrected chi connectivity index (χ0v) is 14.6. The smallest absolute Gasteiger partial charge is 0.0402 e. The maximum absolute atomic E-state index is 7.57. The first-order valence-corrected chi connectivity index (χ1v) is 8.63. The minimum Gasteiger partial charge on any atom is -0.397 e. The Morgan fingerprint density at radius 1 is 0.800 bits per heavy atom. The number of aliphatic hydroxyl groups is 3. The van der Waals surface area contributed by atoms with Crippen LogP contribution in [0.25, 0.3) is 0 Å². The van der Waals surface area contributed by atoms with Crippen LogP contribution in [0.4, 0.5) is 0 Å². The number of hydrogen-bond donors (Lipinski definition) is 3. The van der Waals surface area contributed by atoms with Crippen LogP contribution >= 0.6 is 0 Å². The Morgan fingerprint density at radius 2 is 0.800 bits per heavy atom. The summed E-state index contributed by atoms with van der Waals surface area (Å²) in [5, 5.41) is 22.7. The summed E-state index contributed by atoms with van der Waals surface area (Å²) in [6.07, 6.45) is 0. The molecule has 0 saturated heterocycles. The van der Waals surface area contributed by atoms with Gasteiger partial charge in [-0.15, -0.1) is 8.07 Å². The molecular weight excluding hydrogens is 287 g/mol. The van der Waals surface area contributed by atoms with E-state index in [9.17, 15) is 0 Å². The second kappa shape index (κ2) is 29.4. The molecule has 0 heterocycles. The molecule has 0 radical (unpaired) electrons. The van der Waals surface area contributed by atoms with Crippen LogP contribution in [0.15, 0.2) is 0 Å². The van der Waals surface area contributed by atoms with E-state index in [1.165, 1.54) is 0 Å². The van der Waals surface area contributed by atoms with Crippen molar-refractivity contribution in [1.82, 2.24) is 0 Å². The van der Waals surface area contributed by atoms with E-state index in [2.05, 4.69) is 26.2 Å². The van der Waals surface area contributed by atoms with E-state index in [-0.39, 0.29) is 46.0 Å². The molecule has 0 saturated carbocycles. The van der Waals surface area contributed by atoms with Crippen LogP contribution < -0.4 is 0 Å².